The summed E-state index contributed by atoms with van der Waals surface area (Å²) in [5, 5.41) is 0. The summed E-state index contributed by atoms with van der Waals surface area (Å²) >= 11 is 0. The molecule has 0 unspecified atom stereocenters. The molecule has 0 aliphatic rings. The van der Waals surface area contributed by atoms with E-state index in [1.165, 1.54) is 6.07 Å². The van der Waals surface area contributed by atoms with Gasteiger partial charge >= 0.3 is 0 Å². The van der Waals surface area contributed by atoms with Gasteiger partial charge in [-0.1, -0.05) is 6.07 Å². The Labute approximate surface area is 93.9 Å². The summed E-state index contributed by atoms with van der Waals surface area (Å²) in [5.74, 6) is -0.242. The predicted octanol–water partition coefficient (Wildman–Crippen LogP) is 2.65. The number of aryl methyl sites for hydroxylation is 1. The predicted molar refractivity (Wildman–Crippen MR) is 62.3 cm³/mol. The van der Waals surface area contributed by atoms with Crippen molar-refractivity contribution in [2.45, 2.75) is 13.5 Å². The Kier molecular flexibility index (Phi) is 2.97. The Hall–Kier alpha value is -1.74. The normalized spacial score (nSPS) is 10.4. The fraction of sp³-hybridized carbons (Fsp3) is 0.154. The smallest absolute Gasteiger partial charge is 0.131 e. The highest BCUT2D eigenvalue weighted by Crippen LogP contribution is 2.25. The minimum atomic E-state index is -0.242. The molecule has 3 heteroatoms. The SMILES string of the molecule is Cc1ccncc1-c1cc(CN)ccc1F. The third-order valence-corrected chi connectivity index (χ3v) is 2.60. The maximum absolute atomic E-state index is 13.7. The molecule has 0 fully saturated rings. The molecule has 2 aromatic rings. The quantitative estimate of drug-likeness (QED) is 0.838. The van der Waals surface area contributed by atoms with E-state index in [2.05, 4.69) is 4.98 Å². The Balaban J connectivity index is 2.59. The van der Waals surface area contributed by atoms with Crippen LogP contribution in [-0.4, -0.2) is 4.98 Å². The van der Waals surface area contributed by atoms with Crippen molar-refractivity contribution in [3.05, 3.63) is 53.6 Å². The van der Waals surface area contributed by atoms with Crippen molar-refractivity contribution < 1.29 is 4.39 Å². The monoisotopic (exact) mass is 216 g/mol. The van der Waals surface area contributed by atoms with Crippen LogP contribution in [0.1, 0.15) is 11.1 Å². The Morgan fingerprint density at radius 1 is 1.25 bits per heavy atom. The molecule has 0 spiro atoms. The average molecular weight is 216 g/mol. The van der Waals surface area contributed by atoms with Crippen LogP contribution in [0, 0.1) is 12.7 Å². The zero-order chi connectivity index (χ0) is 11.5. The summed E-state index contributed by atoms with van der Waals surface area (Å²) in [6, 6.07) is 6.79. The van der Waals surface area contributed by atoms with Crippen molar-refractivity contribution in [2.24, 2.45) is 5.73 Å². The first kappa shape index (κ1) is 10.8. The van der Waals surface area contributed by atoms with E-state index in [9.17, 15) is 4.39 Å². The Morgan fingerprint density at radius 3 is 2.75 bits per heavy atom. The third kappa shape index (κ3) is 1.95. The number of nitrogens with zero attached hydrogens (tertiary/aromatic N) is 1. The molecule has 0 atom stereocenters. The third-order valence-electron chi connectivity index (χ3n) is 2.60. The lowest BCUT2D eigenvalue weighted by Gasteiger charge is -2.08. The van der Waals surface area contributed by atoms with Crippen molar-refractivity contribution >= 4 is 0 Å². The first-order valence-electron chi connectivity index (χ1n) is 5.12. The summed E-state index contributed by atoms with van der Waals surface area (Å²) in [6.07, 6.45) is 3.37. The number of hydrogen-bond donors (Lipinski definition) is 1. The average Bonchev–Trinajstić information content (AvgIpc) is 2.31. The number of nitrogens with two attached hydrogens (primary N) is 1. The first-order chi connectivity index (χ1) is 7.72. The molecule has 2 N–H and O–H groups in total. The second kappa shape index (κ2) is 4.41. The molecular weight excluding hydrogens is 203 g/mol. The van der Waals surface area contributed by atoms with Crippen molar-refractivity contribution in [3.8, 4) is 11.1 Å². The maximum atomic E-state index is 13.7. The van der Waals surface area contributed by atoms with Gasteiger partial charge in [-0.2, -0.15) is 0 Å². The van der Waals surface area contributed by atoms with E-state index >= 15 is 0 Å². The summed E-state index contributed by atoms with van der Waals surface area (Å²) in [4.78, 5) is 4.02. The van der Waals surface area contributed by atoms with Gasteiger partial charge in [-0.15, -0.1) is 0 Å². The summed E-state index contributed by atoms with van der Waals surface area (Å²) in [6.45, 7) is 2.35. The number of aromatic nitrogens is 1. The highest BCUT2D eigenvalue weighted by Gasteiger charge is 2.08. The molecule has 82 valence electrons. The van der Waals surface area contributed by atoms with E-state index in [1.54, 1.807) is 24.5 Å². The molecule has 0 radical (unpaired) electrons. The molecule has 2 rings (SSSR count). The van der Waals surface area contributed by atoms with E-state index in [-0.39, 0.29) is 5.82 Å². The van der Waals surface area contributed by atoms with Crippen LogP contribution < -0.4 is 5.73 Å². The van der Waals surface area contributed by atoms with E-state index in [0.29, 0.717) is 12.1 Å². The zero-order valence-corrected chi connectivity index (χ0v) is 9.07. The van der Waals surface area contributed by atoms with Gasteiger partial charge in [0.05, 0.1) is 0 Å². The van der Waals surface area contributed by atoms with Crippen LogP contribution in [0.5, 0.6) is 0 Å². The lowest BCUT2D eigenvalue weighted by molar-refractivity contribution is 0.630. The molecule has 0 bridgehead atoms. The summed E-state index contributed by atoms with van der Waals surface area (Å²) < 4.78 is 13.7. The molecule has 0 saturated carbocycles. The van der Waals surface area contributed by atoms with Gasteiger partial charge in [0.15, 0.2) is 0 Å². The second-order valence-electron chi connectivity index (χ2n) is 3.71. The molecule has 0 aliphatic carbocycles. The number of halogens is 1. The number of hydrogen-bond acceptors (Lipinski definition) is 2. The van der Waals surface area contributed by atoms with Crippen LogP contribution in [0.15, 0.2) is 36.7 Å². The molecule has 0 amide bonds. The van der Waals surface area contributed by atoms with Crippen LogP contribution in [0.25, 0.3) is 11.1 Å². The number of pyridine rings is 1. The van der Waals surface area contributed by atoms with Gasteiger partial charge in [0.1, 0.15) is 5.82 Å². The van der Waals surface area contributed by atoms with Crippen LogP contribution in [0.2, 0.25) is 0 Å². The molecule has 1 aromatic carbocycles. The Morgan fingerprint density at radius 2 is 2.06 bits per heavy atom. The van der Waals surface area contributed by atoms with E-state index in [1.807, 2.05) is 13.0 Å². The molecule has 1 heterocycles. The molecule has 2 nitrogen and oxygen atoms in total. The van der Waals surface area contributed by atoms with Gasteiger partial charge < -0.3 is 5.73 Å². The zero-order valence-electron chi connectivity index (χ0n) is 9.07. The fourth-order valence-corrected chi connectivity index (χ4v) is 1.65. The van der Waals surface area contributed by atoms with Crippen LogP contribution in [0.4, 0.5) is 4.39 Å². The second-order valence-corrected chi connectivity index (χ2v) is 3.71. The van der Waals surface area contributed by atoms with Crippen molar-refractivity contribution in [1.82, 2.24) is 4.98 Å². The van der Waals surface area contributed by atoms with E-state index < -0.39 is 0 Å². The topological polar surface area (TPSA) is 38.9 Å². The van der Waals surface area contributed by atoms with E-state index in [4.69, 9.17) is 5.73 Å². The largest absolute Gasteiger partial charge is 0.326 e. The standard InChI is InChI=1S/C13H13FN2/c1-9-4-5-16-8-12(9)11-6-10(7-15)2-3-13(11)14/h2-6,8H,7,15H2,1H3. The molecular formula is C13H13FN2. The highest BCUT2D eigenvalue weighted by molar-refractivity contribution is 5.67. The molecule has 16 heavy (non-hydrogen) atoms. The van der Waals surface area contributed by atoms with E-state index in [0.717, 1.165) is 16.7 Å². The van der Waals surface area contributed by atoms with Gasteiger partial charge in [0.2, 0.25) is 0 Å². The van der Waals surface area contributed by atoms with Crippen LogP contribution in [0.3, 0.4) is 0 Å². The number of benzene rings is 1. The highest BCUT2D eigenvalue weighted by atomic mass is 19.1. The number of rotatable bonds is 2. The fourth-order valence-electron chi connectivity index (χ4n) is 1.65. The van der Waals surface area contributed by atoms with Gasteiger partial charge in [0.25, 0.3) is 0 Å². The lowest BCUT2D eigenvalue weighted by Crippen LogP contribution is -1.98. The Bertz CT molecular complexity index is 509. The lowest BCUT2D eigenvalue weighted by atomic mass is 10.0. The van der Waals surface area contributed by atoms with Gasteiger partial charge in [-0.05, 0) is 36.2 Å². The van der Waals surface area contributed by atoms with Crippen LogP contribution >= 0.6 is 0 Å². The van der Waals surface area contributed by atoms with Crippen molar-refractivity contribution in [1.29, 1.82) is 0 Å². The van der Waals surface area contributed by atoms with Gasteiger partial charge in [-0.25, -0.2) is 4.39 Å². The molecule has 0 aliphatic heterocycles. The van der Waals surface area contributed by atoms with Gasteiger partial charge in [0, 0.05) is 30.1 Å². The van der Waals surface area contributed by atoms with Gasteiger partial charge in [-0.3, -0.25) is 4.98 Å². The van der Waals surface area contributed by atoms with Crippen LogP contribution in [-0.2, 0) is 6.54 Å². The first-order valence-corrected chi connectivity index (χ1v) is 5.12. The molecule has 0 saturated heterocycles. The van der Waals surface area contributed by atoms with Crippen molar-refractivity contribution in [3.63, 3.8) is 0 Å². The minimum Gasteiger partial charge on any atom is -0.326 e. The molecule has 1 aromatic heterocycles. The summed E-state index contributed by atoms with van der Waals surface area (Å²) in [5.41, 5.74) is 8.84. The maximum Gasteiger partial charge on any atom is 0.131 e. The van der Waals surface area contributed by atoms with Crippen molar-refractivity contribution in [2.75, 3.05) is 0 Å². The minimum absolute atomic E-state index is 0.242. The summed E-state index contributed by atoms with van der Waals surface area (Å²) in [7, 11) is 0.